The SMILES string of the molecule is CCCC(CC)NC(CC)c1ccc(Br)cc1. The van der Waals surface area contributed by atoms with Crippen LogP contribution in [0.1, 0.15) is 58.1 Å². The van der Waals surface area contributed by atoms with Gasteiger partial charge in [-0.15, -0.1) is 0 Å². The topological polar surface area (TPSA) is 12.0 Å². The van der Waals surface area contributed by atoms with Gasteiger partial charge in [0.25, 0.3) is 0 Å². The molecule has 1 rings (SSSR count). The lowest BCUT2D eigenvalue weighted by molar-refractivity contribution is 0.394. The first-order valence-electron chi connectivity index (χ1n) is 6.72. The third-order valence-electron chi connectivity index (χ3n) is 3.25. The highest BCUT2D eigenvalue weighted by molar-refractivity contribution is 9.10. The molecule has 1 aromatic carbocycles. The van der Waals surface area contributed by atoms with Crippen LogP contribution >= 0.6 is 15.9 Å². The molecule has 0 heterocycles. The highest BCUT2D eigenvalue weighted by atomic mass is 79.9. The summed E-state index contributed by atoms with van der Waals surface area (Å²) in [6, 6.07) is 9.81. The Bertz CT molecular complexity index is 307. The molecule has 2 unspecified atom stereocenters. The number of halogens is 1. The van der Waals surface area contributed by atoms with Crippen LogP contribution in [0.3, 0.4) is 0 Å². The van der Waals surface area contributed by atoms with Gasteiger partial charge in [-0.2, -0.15) is 0 Å². The van der Waals surface area contributed by atoms with Gasteiger partial charge in [-0.3, -0.25) is 0 Å². The Hall–Kier alpha value is -0.340. The lowest BCUT2D eigenvalue weighted by Crippen LogP contribution is -2.32. The largest absolute Gasteiger partial charge is 0.307 e. The first-order valence-corrected chi connectivity index (χ1v) is 7.52. The van der Waals surface area contributed by atoms with Crippen LogP contribution in [0.5, 0.6) is 0 Å². The quantitative estimate of drug-likeness (QED) is 0.741. The highest BCUT2D eigenvalue weighted by Crippen LogP contribution is 2.21. The Labute approximate surface area is 114 Å². The predicted octanol–water partition coefficient (Wildman–Crippen LogP) is 5.07. The molecule has 0 aliphatic carbocycles. The van der Waals surface area contributed by atoms with Crippen molar-refractivity contribution in [1.29, 1.82) is 0 Å². The molecule has 1 N–H and O–H groups in total. The van der Waals surface area contributed by atoms with Gasteiger partial charge < -0.3 is 5.32 Å². The second-order valence-corrected chi connectivity index (χ2v) is 5.49. The second kappa shape index (κ2) is 7.88. The van der Waals surface area contributed by atoms with Crippen LogP contribution in [0.15, 0.2) is 28.7 Å². The number of rotatable bonds is 7. The summed E-state index contributed by atoms with van der Waals surface area (Å²) in [5.74, 6) is 0. The maximum Gasteiger partial charge on any atom is 0.0320 e. The van der Waals surface area contributed by atoms with Crippen LogP contribution in [0, 0.1) is 0 Å². The first-order chi connectivity index (χ1) is 8.21. The maximum absolute atomic E-state index is 3.77. The van der Waals surface area contributed by atoms with Crippen molar-refractivity contribution < 1.29 is 0 Å². The Balaban J connectivity index is 2.67. The van der Waals surface area contributed by atoms with Gasteiger partial charge in [0.2, 0.25) is 0 Å². The van der Waals surface area contributed by atoms with Crippen LogP contribution in [0.2, 0.25) is 0 Å². The van der Waals surface area contributed by atoms with Crippen molar-refractivity contribution in [1.82, 2.24) is 5.32 Å². The molecule has 0 fully saturated rings. The van der Waals surface area contributed by atoms with Crippen LogP contribution in [0.4, 0.5) is 0 Å². The lowest BCUT2D eigenvalue weighted by Gasteiger charge is -2.24. The molecule has 0 saturated carbocycles. The molecule has 0 aliphatic rings. The van der Waals surface area contributed by atoms with Crippen molar-refractivity contribution >= 4 is 15.9 Å². The molecule has 0 radical (unpaired) electrons. The lowest BCUT2D eigenvalue weighted by atomic mass is 10.0. The Kier molecular flexibility index (Phi) is 6.83. The van der Waals surface area contributed by atoms with Crippen molar-refractivity contribution in [2.24, 2.45) is 0 Å². The summed E-state index contributed by atoms with van der Waals surface area (Å²) in [5, 5.41) is 3.77. The third kappa shape index (κ3) is 4.81. The van der Waals surface area contributed by atoms with Gasteiger partial charge in [-0.25, -0.2) is 0 Å². The van der Waals surface area contributed by atoms with Crippen molar-refractivity contribution in [3.8, 4) is 0 Å². The van der Waals surface area contributed by atoms with E-state index in [9.17, 15) is 0 Å². The van der Waals surface area contributed by atoms with E-state index in [0.29, 0.717) is 12.1 Å². The minimum Gasteiger partial charge on any atom is -0.307 e. The standard InChI is InChI=1S/C15H24BrN/c1-4-7-14(5-2)17-15(6-3)12-8-10-13(16)11-9-12/h8-11,14-15,17H,4-7H2,1-3H3. The van der Waals surface area contributed by atoms with E-state index in [-0.39, 0.29) is 0 Å². The Morgan fingerprint density at radius 1 is 1.06 bits per heavy atom. The van der Waals surface area contributed by atoms with E-state index < -0.39 is 0 Å². The van der Waals surface area contributed by atoms with Gasteiger partial charge in [0, 0.05) is 16.6 Å². The van der Waals surface area contributed by atoms with Gasteiger partial charge in [0.05, 0.1) is 0 Å². The fourth-order valence-corrected chi connectivity index (χ4v) is 2.45. The van der Waals surface area contributed by atoms with Crippen LogP contribution in [0.25, 0.3) is 0 Å². The normalized spacial score (nSPS) is 14.6. The zero-order valence-electron chi connectivity index (χ0n) is 11.2. The molecule has 0 spiro atoms. The van der Waals surface area contributed by atoms with Gasteiger partial charge >= 0.3 is 0 Å². The number of hydrogen-bond acceptors (Lipinski definition) is 1. The molecule has 17 heavy (non-hydrogen) atoms. The van der Waals surface area contributed by atoms with Gasteiger partial charge in [0.15, 0.2) is 0 Å². The van der Waals surface area contributed by atoms with Crippen LogP contribution < -0.4 is 5.32 Å². The van der Waals surface area contributed by atoms with E-state index in [0.717, 1.165) is 10.9 Å². The van der Waals surface area contributed by atoms with Crippen LogP contribution in [-0.4, -0.2) is 6.04 Å². The molecular weight excluding hydrogens is 274 g/mol. The van der Waals surface area contributed by atoms with E-state index in [1.165, 1.54) is 24.8 Å². The molecule has 96 valence electrons. The fraction of sp³-hybridized carbons (Fsp3) is 0.600. The number of hydrogen-bond donors (Lipinski definition) is 1. The van der Waals surface area contributed by atoms with Crippen LogP contribution in [-0.2, 0) is 0 Å². The minimum atomic E-state index is 0.486. The summed E-state index contributed by atoms with van der Waals surface area (Å²) in [6.45, 7) is 6.77. The molecule has 2 atom stereocenters. The third-order valence-corrected chi connectivity index (χ3v) is 3.78. The summed E-state index contributed by atoms with van der Waals surface area (Å²) in [5.41, 5.74) is 1.39. The van der Waals surface area contributed by atoms with Gasteiger partial charge in [-0.05, 0) is 37.0 Å². The van der Waals surface area contributed by atoms with Crippen molar-refractivity contribution in [3.63, 3.8) is 0 Å². The molecule has 0 bridgehead atoms. The molecule has 0 amide bonds. The molecular formula is C15H24BrN. The fourth-order valence-electron chi connectivity index (χ4n) is 2.18. The van der Waals surface area contributed by atoms with Gasteiger partial charge in [0.1, 0.15) is 0 Å². The van der Waals surface area contributed by atoms with E-state index in [1.807, 2.05) is 0 Å². The van der Waals surface area contributed by atoms with E-state index in [4.69, 9.17) is 0 Å². The monoisotopic (exact) mass is 297 g/mol. The van der Waals surface area contributed by atoms with E-state index in [2.05, 4.69) is 66.3 Å². The smallest absolute Gasteiger partial charge is 0.0320 e. The first kappa shape index (κ1) is 14.7. The average molecular weight is 298 g/mol. The Morgan fingerprint density at radius 3 is 2.18 bits per heavy atom. The van der Waals surface area contributed by atoms with Crippen molar-refractivity contribution in [2.75, 3.05) is 0 Å². The zero-order chi connectivity index (χ0) is 12.7. The predicted molar refractivity (Wildman–Crippen MR) is 79.3 cm³/mol. The van der Waals surface area contributed by atoms with Crippen molar-refractivity contribution in [3.05, 3.63) is 34.3 Å². The molecule has 1 aromatic rings. The summed E-state index contributed by atoms with van der Waals surface area (Å²) in [6.07, 6.45) is 4.87. The molecule has 1 nitrogen and oxygen atoms in total. The summed E-state index contributed by atoms with van der Waals surface area (Å²) in [7, 11) is 0. The number of nitrogens with one attached hydrogen (secondary N) is 1. The highest BCUT2D eigenvalue weighted by Gasteiger charge is 2.13. The molecule has 2 heteroatoms. The van der Waals surface area contributed by atoms with E-state index in [1.54, 1.807) is 0 Å². The average Bonchev–Trinajstić information content (AvgIpc) is 2.36. The van der Waals surface area contributed by atoms with E-state index >= 15 is 0 Å². The molecule has 0 aromatic heterocycles. The summed E-state index contributed by atoms with van der Waals surface area (Å²) in [4.78, 5) is 0. The summed E-state index contributed by atoms with van der Waals surface area (Å²) < 4.78 is 1.15. The molecule has 0 saturated heterocycles. The van der Waals surface area contributed by atoms with Gasteiger partial charge in [-0.1, -0.05) is 55.3 Å². The molecule has 0 aliphatic heterocycles. The Morgan fingerprint density at radius 2 is 1.71 bits per heavy atom. The minimum absolute atomic E-state index is 0.486. The van der Waals surface area contributed by atoms with Crippen molar-refractivity contribution in [2.45, 2.75) is 58.5 Å². The zero-order valence-corrected chi connectivity index (χ0v) is 12.8. The maximum atomic E-state index is 3.77. The number of benzene rings is 1. The second-order valence-electron chi connectivity index (χ2n) is 4.57. The summed E-state index contributed by atoms with van der Waals surface area (Å²) >= 11 is 3.49.